The molecule has 4 saturated carbocycles. The average molecular weight is 438 g/mol. The van der Waals surface area contributed by atoms with Gasteiger partial charge in [0.25, 0.3) is 0 Å². The summed E-state index contributed by atoms with van der Waals surface area (Å²) in [6.07, 6.45) is 17.1. The summed E-state index contributed by atoms with van der Waals surface area (Å²) in [4.78, 5) is 0. The molecule has 0 amide bonds. The Kier molecular flexibility index (Phi) is 5.94. The van der Waals surface area contributed by atoms with E-state index in [2.05, 4.69) is 25.0 Å². The summed E-state index contributed by atoms with van der Waals surface area (Å²) >= 11 is 0. The maximum absolute atomic E-state index is 11.7. The SMILES string of the molecule is CCC[C@H]1CC[C@H]2[C@H](CC[C@@H]3[C@@H]2CC[C@]2(C)C([C@@](C)(O)Cn4ccc(C#N)n4)CC[C@@H]32)C1. The van der Waals surface area contributed by atoms with Crippen LogP contribution in [0.25, 0.3) is 0 Å². The van der Waals surface area contributed by atoms with Crippen molar-refractivity contribution in [2.45, 2.75) is 104 Å². The molecule has 4 aliphatic carbocycles. The van der Waals surface area contributed by atoms with E-state index < -0.39 is 5.60 Å². The lowest BCUT2D eigenvalue weighted by Gasteiger charge is -2.57. The molecular formula is C28H43N3O. The molecular weight excluding hydrogens is 394 g/mol. The molecule has 9 atom stereocenters. The van der Waals surface area contributed by atoms with E-state index in [4.69, 9.17) is 5.26 Å². The number of fused-ring (bicyclic) bond motifs is 5. The minimum atomic E-state index is -0.787. The molecule has 0 bridgehead atoms. The van der Waals surface area contributed by atoms with Crippen molar-refractivity contribution >= 4 is 0 Å². The van der Waals surface area contributed by atoms with Crippen LogP contribution in [-0.4, -0.2) is 20.5 Å². The Hall–Kier alpha value is -1.34. The van der Waals surface area contributed by atoms with E-state index in [0.29, 0.717) is 18.2 Å². The van der Waals surface area contributed by atoms with Crippen molar-refractivity contribution in [3.8, 4) is 6.07 Å². The smallest absolute Gasteiger partial charge is 0.162 e. The zero-order valence-corrected chi connectivity index (χ0v) is 20.5. The lowest BCUT2D eigenvalue weighted by molar-refractivity contribution is -0.115. The van der Waals surface area contributed by atoms with Gasteiger partial charge in [0.05, 0.1) is 12.1 Å². The van der Waals surface area contributed by atoms with Crippen LogP contribution in [0.15, 0.2) is 12.3 Å². The van der Waals surface area contributed by atoms with Crippen LogP contribution in [0.2, 0.25) is 0 Å². The number of rotatable bonds is 5. The van der Waals surface area contributed by atoms with Crippen molar-refractivity contribution in [3.05, 3.63) is 18.0 Å². The Morgan fingerprint density at radius 3 is 2.72 bits per heavy atom. The number of hydrogen-bond donors (Lipinski definition) is 1. The van der Waals surface area contributed by atoms with Gasteiger partial charge in [-0.25, -0.2) is 0 Å². The Morgan fingerprint density at radius 2 is 1.97 bits per heavy atom. The van der Waals surface area contributed by atoms with E-state index in [1.807, 2.05) is 13.1 Å². The first-order valence-corrected chi connectivity index (χ1v) is 13.5. The van der Waals surface area contributed by atoms with Crippen LogP contribution in [0.5, 0.6) is 0 Å². The van der Waals surface area contributed by atoms with E-state index in [1.54, 1.807) is 10.7 Å². The standard InChI is InChI=1S/C28H43N3O/c1-4-5-19-6-8-22-20(16-19)7-9-24-23(22)12-14-27(2)25(24)10-11-26(27)28(3,32)18-31-15-13-21(17-29)30-31/h13,15,19-20,22-26,32H,4-12,14,16,18H2,1-3H3/t19-,20+,22-,23+,24+,25-,26?,27-,28-/m0/s1. The molecule has 1 unspecified atom stereocenters. The Morgan fingerprint density at radius 1 is 1.16 bits per heavy atom. The highest BCUT2D eigenvalue weighted by Gasteiger charge is 2.60. The molecule has 4 aliphatic rings. The summed E-state index contributed by atoms with van der Waals surface area (Å²) in [6.45, 7) is 7.37. The summed E-state index contributed by atoms with van der Waals surface area (Å²) in [5.41, 5.74) is -0.116. The Labute approximate surface area is 194 Å². The van der Waals surface area contributed by atoms with Crippen LogP contribution in [-0.2, 0) is 6.54 Å². The molecule has 4 heteroatoms. The molecule has 0 radical (unpaired) electrons. The van der Waals surface area contributed by atoms with Crippen molar-refractivity contribution in [1.82, 2.24) is 9.78 Å². The zero-order chi connectivity index (χ0) is 22.5. The molecule has 1 heterocycles. The van der Waals surface area contributed by atoms with Crippen LogP contribution in [0.3, 0.4) is 0 Å². The van der Waals surface area contributed by atoms with E-state index >= 15 is 0 Å². The summed E-state index contributed by atoms with van der Waals surface area (Å²) in [5.74, 6) is 5.91. The first-order chi connectivity index (χ1) is 15.4. The second kappa shape index (κ2) is 8.46. The number of nitrogens with zero attached hydrogens (tertiary/aromatic N) is 3. The predicted molar refractivity (Wildman–Crippen MR) is 127 cm³/mol. The van der Waals surface area contributed by atoms with Gasteiger partial charge in [-0.3, -0.25) is 4.68 Å². The Balaban J connectivity index is 1.30. The number of hydrogen-bond acceptors (Lipinski definition) is 3. The second-order valence-electron chi connectivity index (χ2n) is 12.4. The van der Waals surface area contributed by atoms with Crippen molar-refractivity contribution < 1.29 is 5.11 Å². The van der Waals surface area contributed by atoms with Crippen LogP contribution in [0, 0.1) is 58.2 Å². The summed E-state index contributed by atoms with van der Waals surface area (Å²) < 4.78 is 1.78. The summed E-state index contributed by atoms with van der Waals surface area (Å²) in [7, 11) is 0. The van der Waals surface area contributed by atoms with Gasteiger partial charge in [0.15, 0.2) is 5.69 Å². The number of aliphatic hydroxyl groups is 1. The highest BCUT2D eigenvalue weighted by atomic mass is 16.3. The monoisotopic (exact) mass is 437 g/mol. The van der Waals surface area contributed by atoms with E-state index in [9.17, 15) is 5.11 Å². The van der Waals surface area contributed by atoms with Gasteiger partial charge in [0.2, 0.25) is 0 Å². The average Bonchev–Trinajstić information content (AvgIpc) is 3.37. The molecule has 0 aromatic carbocycles. The molecule has 1 N–H and O–H groups in total. The number of nitriles is 1. The third-order valence-corrected chi connectivity index (χ3v) is 10.7. The van der Waals surface area contributed by atoms with Gasteiger partial charge in [-0.1, -0.05) is 33.1 Å². The van der Waals surface area contributed by atoms with E-state index in [-0.39, 0.29) is 5.41 Å². The molecule has 1 aromatic heterocycles. The molecule has 5 rings (SSSR count). The molecule has 0 aliphatic heterocycles. The van der Waals surface area contributed by atoms with Gasteiger partial charge < -0.3 is 5.11 Å². The van der Waals surface area contributed by atoms with Crippen molar-refractivity contribution in [1.29, 1.82) is 5.26 Å². The van der Waals surface area contributed by atoms with Gasteiger partial charge in [0.1, 0.15) is 6.07 Å². The normalized spacial score (nSPS) is 42.9. The maximum atomic E-state index is 11.7. The van der Waals surface area contributed by atoms with Gasteiger partial charge in [-0.15, -0.1) is 0 Å². The molecule has 32 heavy (non-hydrogen) atoms. The molecule has 176 valence electrons. The third-order valence-electron chi connectivity index (χ3n) is 10.7. The van der Waals surface area contributed by atoms with Gasteiger partial charge >= 0.3 is 0 Å². The first-order valence-electron chi connectivity index (χ1n) is 13.5. The second-order valence-corrected chi connectivity index (χ2v) is 12.4. The number of aromatic nitrogens is 2. The van der Waals surface area contributed by atoms with Crippen LogP contribution < -0.4 is 0 Å². The van der Waals surface area contributed by atoms with Gasteiger partial charge in [-0.2, -0.15) is 10.4 Å². The van der Waals surface area contributed by atoms with E-state index in [0.717, 1.165) is 41.9 Å². The molecule has 0 spiro atoms. The largest absolute Gasteiger partial charge is 0.388 e. The van der Waals surface area contributed by atoms with Crippen LogP contribution in [0.4, 0.5) is 0 Å². The topological polar surface area (TPSA) is 61.8 Å². The Bertz CT molecular complexity index is 853. The summed E-state index contributed by atoms with van der Waals surface area (Å²) in [6, 6.07) is 3.85. The molecule has 0 saturated heterocycles. The lowest BCUT2D eigenvalue weighted by Crippen LogP contribution is -2.52. The van der Waals surface area contributed by atoms with Crippen molar-refractivity contribution in [3.63, 3.8) is 0 Å². The lowest BCUT2D eigenvalue weighted by atomic mass is 9.48. The van der Waals surface area contributed by atoms with Crippen molar-refractivity contribution in [2.24, 2.45) is 46.8 Å². The minimum absolute atomic E-state index is 0.238. The van der Waals surface area contributed by atoms with E-state index in [1.165, 1.54) is 64.2 Å². The third kappa shape index (κ3) is 3.73. The van der Waals surface area contributed by atoms with Crippen LogP contribution in [0.1, 0.15) is 97.1 Å². The van der Waals surface area contributed by atoms with Gasteiger partial charge in [-0.05, 0) is 111 Å². The quantitative estimate of drug-likeness (QED) is 0.597. The predicted octanol–water partition coefficient (Wildman–Crippen LogP) is 6.19. The molecule has 1 aromatic rings. The van der Waals surface area contributed by atoms with Gasteiger partial charge in [0, 0.05) is 6.20 Å². The fourth-order valence-electron chi connectivity index (χ4n) is 9.59. The zero-order valence-electron chi connectivity index (χ0n) is 20.5. The minimum Gasteiger partial charge on any atom is -0.388 e. The first kappa shape index (κ1) is 22.5. The highest BCUT2D eigenvalue weighted by Crippen LogP contribution is 2.66. The van der Waals surface area contributed by atoms with Crippen molar-refractivity contribution in [2.75, 3.05) is 0 Å². The molecule has 4 fully saturated rings. The maximum Gasteiger partial charge on any atom is 0.162 e. The summed E-state index contributed by atoms with van der Waals surface area (Å²) in [5, 5.41) is 25.1. The van der Waals surface area contributed by atoms with Crippen LogP contribution >= 0.6 is 0 Å². The fourth-order valence-corrected chi connectivity index (χ4v) is 9.59. The highest BCUT2D eigenvalue weighted by molar-refractivity contribution is 5.17. The molecule has 4 nitrogen and oxygen atoms in total. The fraction of sp³-hybridized carbons (Fsp3) is 0.857.